The standard InChI is InChI=1S/C23H19F3O3/c1-14-11-16(21-9-7-19(27)13-17(21)6-10-22(28)29)5-8-20(14)15-3-2-4-18(12-15)23(24,25)26/h2-5,7-9,11-13,27H,6,10H2,1H3,(H,28,29). The van der Waals surface area contributed by atoms with Crippen molar-refractivity contribution in [2.24, 2.45) is 0 Å². The second kappa shape index (κ2) is 7.99. The van der Waals surface area contributed by atoms with Crippen molar-refractivity contribution in [3.05, 3.63) is 77.4 Å². The van der Waals surface area contributed by atoms with Gasteiger partial charge in [0, 0.05) is 6.42 Å². The number of hydrogen-bond acceptors (Lipinski definition) is 2. The van der Waals surface area contributed by atoms with E-state index in [-0.39, 0.29) is 18.6 Å². The van der Waals surface area contributed by atoms with Gasteiger partial charge in [-0.25, -0.2) is 0 Å². The predicted molar refractivity (Wildman–Crippen MR) is 105 cm³/mol. The molecular formula is C23H19F3O3. The number of carbonyl (C=O) groups is 1. The number of aromatic hydroxyl groups is 1. The molecule has 3 aromatic carbocycles. The summed E-state index contributed by atoms with van der Waals surface area (Å²) in [5.74, 6) is -0.887. The second-order valence-corrected chi connectivity index (χ2v) is 6.84. The molecule has 0 fully saturated rings. The number of aliphatic carboxylic acids is 1. The normalized spacial score (nSPS) is 11.4. The van der Waals surface area contributed by atoms with E-state index in [1.165, 1.54) is 18.2 Å². The van der Waals surface area contributed by atoms with Crippen LogP contribution < -0.4 is 0 Å². The fourth-order valence-corrected chi connectivity index (χ4v) is 3.33. The number of phenols is 1. The lowest BCUT2D eigenvalue weighted by Crippen LogP contribution is -2.04. The fraction of sp³-hybridized carbons (Fsp3) is 0.174. The van der Waals surface area contributed by atoms with Crippen LogP contribution in [0.1, 0.15) is 23.1 Å². The Hall–Kier alpha value is -3.28. The quantitative estimate of drug-likeness (QED) is 0.546. The molecule has 0 heterocycles. The highest BCUT2D eigenvalue weighted by molar-refractivity contribution is 5.76. The summed E-state index contributed by atoms with van der Waals surface area (Å²) in [5, 5.41) is 18.7. The van der Waals surface area contributed by atoms with Gasteiger partial charge in [0.1, 0.15) is 5.75 Å². The number of carboxylic acid groups (broad SMARTS) is 1. The van der Waals surface area contributed by atoms with E-state index in [0.717, 1.165) is 28.8 Å². The van der Waals surface area contributed by atoms with Crippen molar-refractivity contribution >= 4 is 5.97 Å². The third kappa shape index (κ3) is 4.77. The first-order valence-corrected chi connectivity index (χ1v) is 8.97. The van der Waals surface area contributed by atoms with E-state index in [2.05, 4.69) is 0 Å². The Labute approximate surface area is 166 Å². The van der Waals surface area contributed by atoms with Crippen LogP contribution in [0.3, 0.4) is 0 Å². The number of alkyl halides is 3. The topological polar surface area (TPSA) is 57.5 Å². The van der Waals surface area contributed by atoms with Crippen molar-refractivity contribution in [2.45, 2.75) is 25.9 Å². The van der Waals surface area contributed by atoms with Crippen LogP contribution in [0.4, 0.5) is 13.2 Å². The van der Waals surface area contributed by atoms with Crippen molar-refractivity contribution in [1.29, 1.82) is 0 Å². The summed E-state index contributed by atoms with van der Waals surface area (Å²) in [7, 11) is 0. The fourth-order valence-electron chi connectivity index (χ4n) is 3.33. The minimum absolute atomic E-state index is 0.0476. The highest BCUT2D eigenvalue weighted by Gasteiger charge is 2.30. The Bertz CT molecular complexity index is 1060. The van der Waals surface area contributed by atoms with Gasteiger partial charge in [-0.15, -0.1) is 0 Å². The van der Waals surface area contributed by atoms with Crippen molar-refractivity contribution in [3.63, 3.8) is 0 Å². The van der Waals surface area contributed by atoms with E-state index >= 15 is 0 Å². The first-order valence-electron chi connectivity index (χ1n) is 8.97. The first-order chi connectivity index (χ1) is 13.6. The maximum absolute atomic E-state index is 13.0. The average molecular weight is 400 g/mol. The van der Waals surface area contributed by atoms with E-state index in [9.17, 15) is 23.1 Å². The van der Waals surface area contributed by atoms with Gasteiger partial charge in [0.25, 0.3) is 0 Å². The largest absolute Gasteiger partial charge is 0.508 e. The molecule has 150 valence electrons. The molecule has 0 saturated carbocycles. The molecule has 29 heavy (non-hydrogen) atoms. The molecule has 0 radical (unpaired) electrons. The zero-order valence-electron chi connectivity index (χ0n) is 15.6. The molecule has 2 N–H and O–H groups in total. The van der Waals surface area contributed by atoms with Crippen LogP contribution in [0.15, 0.2) is 60.7 Å². The Morgan fingerprint density at radius 2 is 1.62 bits per heavy atom. The molecule has 0 aliphatic heterocycles. The first kappa shape index (κ1) is 20.5. The minimum Gasteiger partial charge on any atom is -0.508 e. The van der Waals surface area contributed by atoms with E-state index < -0.39 is 17.7 Å². The molecule has 6 heteroatoms. The lowest BCUT2D eigenvalue weighted by molar-refractivity contribution is -0.138. The Morgan fingerprint density at radius 3 is 2.28 bits per heavy atom. The monoisotopic (exact) mass is 400 g/mol. The molecule has 3 aromatic rings. The van der Waals surface area contributed by atoms with Gasteiger partial charge in [-0.3, -0.25) is 4.79 Å². The van der Waals surface area contributed by atoms with Gasteiger partial charge in [-0.05, 0) is 71.0 Å². The van der Waals surface area contributed by atoms with E-state index in [1.54, 1.807) is 24.3 Å². The number of benzene rings is 3. The van der Waals surface area contributed by atoms with Gasteiger partial charge in [0.15, 0.2) is 0 Å². The van der Waals surface area contributed by atoms with Gasteiger partial charge < -0.3 is 10.2 Å². The van der Waals surface area contributed by atoms with Crippen molar-refractivity contribution < 1.29 is 28.2 Å². The summed E-state index contributed by atoms with van der Waals surface area (Å²) in [6.45, 7) is 1.82. The number of rotatable bonds is 5. The van der Waals surface area contributed by atoms with Gasteiger partial charge in [-0.2, -0.15) is 13.2 Å². The lowest BCUT2D eigenvalue weighted by Gasteiger charge is -2.14. The molecule has 0 bridgehead atoms. The van der Waals surface area contributed by atoms with Crippen LogP contribution in [0.2, 0.25) is 0 Å². The van der Waals surface area contributed by atoms with Gasteiger partial charge >= 0.3 is 12.1 Å². The Balaban J connectivity index is 2.00. The third-order valence-corrected chi connectivity index (χ3v) is 4.74. The molecule has 3 nitrogen and oxygen atoms in total. The van der Waals surface area contributed by atoms with Crippen LogP contribution in [0.25, 0.3) is 22.3 Å². The average Bonchev–Trinajstić information content (AvgIpc) is 2.66. The van der Waals surface area contributed by atoms with Crippen LogP contribution in [0.5, 0.6) is 5.75 Å². The molecule has 0 aliphatic rings. The second-order valence-electron chi connectivity index (χ2n) is 6.84. The van der Waals surface area contributed by atoms with Crippen LogP contribution >= 0.6 is 0 Å². The number of halogens is 3. The summed E-state index contributed by atoms with van der Waals surface area (Å²) in [4.78, 5) is 10.9. The summed E-state index contributed by atoms with van der Waals surface area (Å²) in [5.41, 5.74) is 3.53. The molecule has 0 atom stereocenters. The summed E-state index contributed by atoms with van der Waals surface area (Å²) < 4.78 is 39.0. The lowest BCUT2D eigenvalue weighted by atomic mass is 9.92. The number of aryl methyl sites for hydroxylation is 2. The van der Waals surface area contributed by atoms with E-state index in [0.29, 0.717) is 16.7 Å². The molecular weight excluding hydrogens is 381 g/mol. The Kier molecular flexibility index (Phi) is 5.64. The maximum Gasteiger partial charge on any atom is 0.416 e. The molecule has 0 unspecified atom stereocenters. The molecule has 0 amide bonds. The number of hydrogen-bond donors (Lipinski definition) is 2. The number of carboxylic acids is 1. The van der Waals surface area contributed by atoms with Gasteiger partial charge in [0.2, 0.25) is 0 Å². The minimum atomic E-state index is -4.41. The molecule has 0 saturated heterocycles. The molecule has 0 spiro atoms. The highest BCUT2D eigenvalue weighted by atomic mass is 19.4. The summed E-state index contributed by atoms with van der Waals surface area (Å²) in [6, 6.07) is 15.4. The predicted octanol–water partition coefficient (Wildman–Crippen LogP) is 6.07. The van der Waals surface area contributed by atoms with E-state index in [4.69, 9.17) is 5.11 Å². The van der Waals surface area contributed by atoms with E-state index in [1.807, 2.05) is 13.0 Å². The van der Waals surface area contributed by atoms with Crippen molar-refractivity contribution in [2.75, 3.05) is 0 Å². The van der Waals surface area contributed by atoms with Crippen molar-refractivity contribution in [3.8, 4) is 28.0 Å². The summed E-state index contributed by atoms with van der Waals surface area (Å²) in [6.07, 6.45) is -4.22. The smallest absolute Gasteiger partial charge is 0.416 e. The van der Waals surface area contributed by atoms with Gasteiger partial charge in [0.05, 0.1) is 5.56 Å². The Morgan fingerprint density at radius 1 is 0.931 bits per heavy atom. The summed E-state index contributed by atoms with van der Waals surface area (Å²) >= 11 is 0. The van der Waals surface area contributed by atoms with Crippen LogP contribution in [0, 0.1) is 6.92 Å². The number of phenolic OH excluding ortho intramolecular Hbond substituents is 1. The molecule has 3 rings (SSSR count). The molecule has 0 aliphatic carbocycles. The molecule has 0 aromatic heterocycles. The third-order valence-electron chi connectivity index (χ3n) is 4.74. The highest BCUT2D eigenvalue weighted by Crippen LogP contribution is 2.35. The van der Waals surface area contributed by atoms with Crippen LogP contribution in [-0.2, 0) is 17.4 Å². The van der Waals surface area contributed by atoms with Crippen LogP contribution in [-0.4, -0.2) is 16.2 Å². The maximum atomic E-state index is 13.0. The zero-order valence-corrected chi connectivity index (χ0v) is 15.6. The zero-order chi connectivity index (χ0) is 21.2. The van der Waals surface area contributed by atoms with Gasteiger partial charge in [-0.1, -0.05) is 36.4 Å². The SMILES string of the molecule is Cc1cc(-c2ccc(O)cc2CCC(=O)O)ccc1-c1cccc(C(F)(F)F)c1. The van der Waals surface area contributed by atoms with Crippen molar-refractivity contribution in [1.82, 2.24) is 0 Å².